The maximum Gasteiger partial charge on any atom is 0.261 e. The first kappa shape index (κ1) is 17.0. The molecular weight excluding hydrogens is 360 g/mol. The minimum Gasteiger partial charge on any atom is -0.303 e. The summed E-state index contributed by atoms with van der Waals surface area (Å²) in [6, 6.07) is 7.67. The predicted molar refractivity (Wildman–Crippen MR) is 102 cm³/mol. The Morgan fingerprint density at radius 2 is 1.67 bits per heavy atom. The van der Waals surface area contributed by atoms with Crippen LogP contribution in [0.3, 0.4) is 0 Å². The van der Waals surface area contributed by atoms with Gasteiger partial charge in [0.1, 0.15) is 5.82 Å². The Morgan fingerprint density at radius 1 is 0.963 bits per heavy atom. The van der Waals surface area contributed by atoms with E-state index in [0.29, 0.717) is 29.6 Å². The van der Waals surface area contributed by atoms with Crippen LogP contribution >= 0.6 is 11.8 Å². The quantitative estimate of drug-likeness (QED) is 0.396. The third kappa shape index (κ3) is 3.18. The minimum absolute atomic E-state index is 0.161. The van der Waals surface area contributed by atoms with E-state index in [1.807, 2.05) is 0 Å². The highest BCUT2D eigenvalue weighted by molar-refractivity contribution is 7.99. The number of benzene rings is 1. The molecule has 0 spiro atoms. The van der Waals surface area contributed by atoms with E-state index < -0.39 is 0 Å². The predicted octanol–water partition coefficient (Wildman–Crippen LogP) is 3.66. The van der Waals surface area contributed by atoms with Crippen molar-refractivity contribution < 1.29 is 9.59 Å². The summed E-state index contributed by atoms with van der Waals surface area (Å²) in [6.45, 7) is 0.482. The van der Waals surface area contributed by atoms with Gasteiger partial charge >= 0.3 is 0 Å². The van der Waals surface area contributed by atoms with Gasteiger partial charge in [0.15, 0.2) is 5.16 Å². The lowest BCUT2D eigenvalue weighted by Crippen LogP contribution is -2.30. The van der Waals surface area contributed by atoms with Gasteiger partial charge < -0.3 is 4.57 Å². The summed E-state index contributed by atoms with van der Waals surface area (Å²) in [4.78, 5) is 26.1. The van der Waals surface area contributed by atoms with Crippen LogP contribution in [0.15, 0.2) is 29.4 Å². The van der Waals surface area contributed by atoms with E-state index in [0.717, 1.165) is 23.8 Å². The number of rotatable bonds is 8. The molecule has 2 heterocycles. The average Bonchev–Trinajstić information content (AvgIpc) is 3.62. The summed E-state index contributed by atoms with van der Waals surface area (Å²) in [6.07, 6.45) is 6.72. The van der Waals surface area contributed by atoms with Gasteiger partial charge in [-0.3, -0.25) is 14.5 Å². The maximum atomic E-state index is 12.4. The van der Waals surface area contributed by atoms with E-state index in [4.69, 9.17) is 0 Å². The van der Waals surface area contributed by atoms with Crippen molar-refractivity contribution in [3.63, 3.8) is 0 Å². The summed E-state index contributed by atoms with van der Waals surface area (Å²) >= 11 is 1.75. The van der Waals surface area contributed by atoms with E-state index in [1.54, 1.807) is 36.0 Å². The molecule has 1 aromatic carbocycles. The molecule has 1 aromatic heterocycles. The van der Waals surface area contributed by atoms with Gasteiger partial charge in [-0.25, -0.2) is 0 Å². The van der Waals surface area contributed by atoms with Crippen LogP contribution in [0.2, 0.25) is 0 Å². The molecule has 140 valence electrons. The molecule has 2 amide bonds. The highest BCUT2D eigenvalue weighted by atomic mass is 32.2. The van der Waals surface area contributed by atoms with Crippen molar-refractivity contribution in [2.24, 2.45) is 0 Å². The SMILES string of the molecule is O=C1c2ccccc2C(=O)N1CCCCSc1nnc(C2CC2)n1C1CC1. The Labute approximate surface area is 162 Å². The molecule has 1 aliphatic heterocycles. The third-order valence-electron chi connectivity index (χ3n) is 5.43. The summed E-state index contributed by atoms with van der Waals surface area (Å²) < 4.78 is 2.37. The van der Waals surface area contributed by atoms with E-state index in [2.05, 4.69) is 14.8 Å². The second-order valence-corrected chi connectivity index (χ2v) is 8.64. The molecule has 0 atom stereocenters. The number of fused-ring (bicyclic) bond motifs is 1. The van der Waals surface area contributed by atoms with Gasteiger partial charge in [0, 0.05) is 24.3 Å². The molecule has 5 rings (SSSR count). The van der Waals surface area contributed by atoms with Crippen molar-refractivity contribution in [2.45, 2.75) is 55.6 Å². The largest absolute Gasteiger partial charge is 0.303 e. The van der Waals surface area contributed by atoms with Crippen LogP contribution in [0.25, 0.3) is 0 Å². The Bertz CT molecular complexity index is 866. The van der Waals surface area contributed by atoms with Gasteiger partial charge in [0.05, 0.1) is 11.1 Å². The lowest BCUT2D eigenvalue weighted by atomic mass is 10.1. The fourth-order valence-corrected chi connectivity index (χ4v) is 4.67. The van der Waals surface area contributed by atoms with Crippen molar-refractivity contribution >= 4 is 23.6 Å². The van der Waals surface area contributed by atoms with Crippen LogP contribution in [0, 0.1) is 0 Å². The van der Waals surface area contributed by atoms with Crippen molar-refractivity contribution in [3.8, 4) is 0 Å². The normalized spacial score (nSPS) is 19.0. The molecule has 0 saturated heterocycles. The van der Waals surface area contributed by atoms with Crippen LogP contribution in [0.1, 0.15) is 77.0 Å². The zero-order chi connectivity index (χ0) is 18.4. The van der Waals surface area contributed by atoms with Crippen molar-refractivity contribution in [2.75, 3.05) is 12.3 Å². The van der Waals surface area contributed by atoms with Gasteiger partial charge in [0.25, 0.3) is 11.8 Å². The van der Waals surface area contributed by atoms with E-state index in [9.17, 15) is 9.59 Å². The molecule has 0 N–H and O–H groups in total. The number of carbonyl (C=O) groups excluding carboxylic acids is 2. The lowest BCUT2D eigenvalue weighted by Gasteiger charge is -2.13. The van der Waals surface area contributed by atoms with Crippen molar-refractivity contribution in [3.05, 3.63) is 41.2 Å². The first-order chi connectivity index (χ1) is 13.2. The van der Waals surface area contributed by atoms with Gasteiger partial charge in [-0.2, -0.15) is 0 Å². The summed E-state index contributed by atoms with van der Waals surface area (Å²) in [7, 11) is 0. The van der Waals surface area contributed by atoms with Crippen LogP contribution in [-0.2, 0) is 0 Å². The van der Waals surface area contributed by atoms with Crippen LogP contribution in [-0.4, -0.2) is 43.8 Å². The number of imide groups is 1. The van der Waals surface area contributed by atoms with Crippen molar-refractivity contribution in [1.82, 2.24) is 19.7 Å². The number of hydrogen-bond acceptors (Lipinski definition) is 5. The highest BCUT2D eigenvalue weighted by Gasteiger charge is 2.36. The Balaban J connectivity index is 1.13. The number of aromatic nitrogens is 3. The van der Waals surface area contributed by atoms with E-state index >= 15 is 0 Å². The lowest BCUT2D eigenvalue weighted by molar-refractivity contribution is 0.0652. The van der Waals surface area contributed by atoms with Gasteiger partial charge in [-0.15, -0.1) is 10.2 Å². The molecule has 0 unspecified atom stereocenters. The first-order valence-electron chi connectivity index (χ1n) is 9.77. The Hall–Kier alpha value is -2.15. The molecule has 0 bridgehead atoms. The average molecular weight is 382 g/mol. The molecule has 2 fully saturated rings. The number of amides is 2. The summed E-state index contributed by atoms with van der Waals surface area (Å²) in [5, 5.41) is 9.90. The maximum absolute atomic E-state index is 12.4. The molecule has 2 aromatic rings. The number of thioether (sulfide) groups is 1. The minimum atomic E-state index is -0.161. The fraction of sp³-hybridized carbons (Fsp3) is 0.500. The monoisotopic (exact) mass is 382 g/mol. The molecule has 7 heteroatoms. The highest BCUT2D eigenvalue weighted by Crippen LogP contribution is 2.46. The zero-order valence-corrected chi connectivity index (χ0v) is 16.0. The zero-order valence-electron chi connectivity index (χ0n) is 15.1. The van der Waals surface area contributed by atoms with Gasteiger partial charge in [-0.1, -0.05) is 23.9 Å². The second kappa shape index (κ2) is 6.78. The van der Waals surface area contributed by atoms with E-state index in [-0.39, 0.29) is 11.8 Å². The van der Waals surface area contributed by atoms with Gasteiger partial charge in [-0.05, 0) is 50.7 Å². The van der Waals surface area contributed by atoms with Crippen molar-refractivity contribution in [1.29, 1.82) is 0 Å². The van der Waals surface area contributed by atoms with Crippen LogP contribution < -0.4 is 0 Å². The summed E-state index contributed by atoms with van der Waals surface area (Å²) in [5.74, 6) is 2.42. The molecular formula is C20H22N4O2S. The Kier molecular flexibility index (Phi) is 4.27. The number of nitrogens with zero attached hydrogens (tertiary/aromatic N) is 4. The molecule has 2 aliphatic carbocycles. The number of carbonyl (C=O) groups is 2. The fourth-order valence-electron chi connectivity index (χ4n) is 3.66. The first-order valence-corrected chi connectivity index (χ1v) is 10.8. The molecule has 3 aliphatic rings. The standard InChI is InChI=1S/C20H22N4O2S/c25-18-15-5-1-2-6-16(15)19(26)23(18)11-3-4-12-27-20-22-21-17(13-7-8-13)24(20)14-9-10-14/h1-2,5-6,13-14H,3-4,7-12H2. The van der Waals surface area contributed by atoms with E-state index in [1.165, 1.54) is 36.4 Å². The second-order valence-electron chi connectivity index (χ2n) is 7.58. The van der Waals surface area contributed by atoms with Crippen LogP contribution in [0.5, 0.6) is 0 Å². The smallest absolute Gasteiger partial charge is 0.261 e. The number of hydrogen-bond donors (Lipinski definition) is 0. The Morgan fingerprint density at radius 3 is 2.30 bits per heavy atom. The topological polar surface area (TPSA) is 68.1 Å². The van der Waals surface area contributed by atoms with Gasteiger partial charge in [0.2, 0.25) is 0 Å². The molecule has 27 heavy (non-hydrogen) atoms. The number of unbranched alkanes of at least 4 members (excludes halogenated alkanes) is 1. The molecule has 2 saturated carbocycles. The molecule has 0 radical (unpaired) electrons. The third-order valence-corrected chi connectivity index (χ3v) is 6.46. The van der Waals surface area contributed by atoms with Crippen LogP contribution in [0.4, 0.5) is 0 Å². The molecule has 6 nitrogen and oxygen atoms in total. The summed E-state index contributed by atoms with van der Waals surface area (Å²) in [5.41, 5.74) is 1.06.